The number of amides is 1. The van der Waals surface area contributed by atoms with E-state index in [1.165, 1.54) is 60.8 Å². The quantitative estimate of drug-likeness (QED) is 0.543. The van der Waals surface area contributed by atoms with Gasteiger partial charge in [-0.1, -0.05) is 60.1 Å². The fourth-order valence-electron chi connectivity index (χ4n) is 3.82. The van der Waals surface area contributed by atoms with Gasteiger partial charge in [-0.25, -0.2) is 0 Å². The van der Waals surface area contributed by atoms with Crippen LogP contribution in [-0.2, 0) is 17.9 Å². The lowest BCUT2D eigenvalue weighted by Gasteiger charge is -2.27. The van der Waals surface area contributed by atoms with Gasteiger partial charge in [0.2, 0.25) is 5.91 Å². The number of aryl methyl sites for hydroxylation is 1. The first-order valence-electron chi connectivity index (χ1n) is 10.8. The first-order chi connectivity index (χ1) is 15.2. The van der Waals surface area contributed by atoms with E-state index in [0.29, 0.717) is 17.5 Å². The SMILES string of the molecule is Cc1ccc(-n2cnnc2SCC(=O)NCc2ccccc2CN2CCCCC2)cc1. The van der Waals surface area contributed by atoms with Crippen molar-refractivity contribution in [2.24, 2.45) is 0 Å². The van der Waals surface area contributed by atoms with Gasteiger partial charge < -0.3 is 5.32 Å². The summed E-state index contributed by atoms with van der Waals surface area (Å²) >= 11 is 1.40. The molecule has 0 unspecified atom stereocenters. The van der Waals surface area contributed by atoms with E-state index in [2.05, 4.69) is 57.7 Å². The van der Waals surface area contributed by atoms with E-state index in [-0.39, 0.29) is 5.91 Å². The Morgan fingerprint density at radius 3 is 2.55 bits per heavy atom. The Hall–Kier alpha value is -2.64. The maximum Gasteiger partial charge on any atom is 0.230 e. The normalized spacial score (nSPS) is 14.5. The van der Waals surface area contributed by atoms with Gasteiger partial charge in [-0.2, -0.15) is 0 Å². The highest BCUT2D eigenvalue weighted by Crippen LogP contribution is 2.20. The lowest BCUT2D eigenvalue weighted by molar-refractivity contribution is -0.118. The highest BCUT2D eigenvalue weighted by atomic mass is 32.2. The van der Waals surface area contributed by atoms with Crippen molar-refractivity contribution in [3.63, 3.8) is 0 Å². The molecule has 1 fully saturated rings. The zero-order chi connectivity index (χ0) is 21.5. The van der Waals surface area contributed by atoms with Crippen molar-refractivity contribution in [3.05, 3.63) is 71.5 Å². The monoisotopic (exact) mass is 435 g/mol. The van der Waals surface area contributed by atoms with E-state index < -0.39 is 0 Å². The van der Waals surface area contributed by atoms with Gasteiger partial charge in [0.1, 0.15) is 6.33 Å². The van der Waals surface area contributed by atoms with E-state index in [1.54, 1.807) is 6.33 Å². The van der Waals surface area contributed by atoms with Gasteiger partial charge in [-0.15, -0.1) is 10.2 Å². The Morgan fingerprint density at radius 1 is 1.03 bits per heavy atom. The van der Waals surface area contributed by atoms with Crippen molar-refractivity contribution in [3.8, 4) is 5.69 Å². The maximum atomic E-state index is 12.5. The van der Waals surface area contributed by atoms with Crippen LogP contribution in [0.5, 0.6) is 0 Å². The van der Waals surface area contributed by atoms with E-state index >= 15 is 0 Å². The van der Waals surface area contributed by atoms with Crippen LogP contribution in [0.2, 0.25) is 0 Å². The number of likely N-dealkylation sites (tertiary alicyclic amines) is 1. The Morgan fingerprint density at radius 2 is 1.77 bits per heavy atom. The number of piperidine rings is 1. The van der Waals surface area contributed by atoms with Crippen LogP contribution in [0.25, 0.3) is 5.69 Å². The minimum atomic E-state index is -0.00349. The lowest BCUT2D eigenvalue weighted by atomic mass is 10.0. The molecule has 1 saturated heterocycles. The van der Waals surface area contributed by atoms with Crippen molar-refractivity contribution >= 4 is 17.7 Å². The number of aromatic nitrogens is 3. The van der Waals surface area contributed by atoms with Crippen molar-refractivity contribution in [2.75, 3.05) is 18.8 Å². The molecule has 0 bridgehead atoms. The summed E-state index contributed by atoms with van der Waals surface area (Å²) in [6, 6.07) is 16.6. The number of rotatable bonds is 8. The molecule has 31 heavy (non-hydrogen) atoms. The third-order valence-electron chi connectivity index (χ3n) is 5.60. The van der Waals surface area contributed by atoms with Crippen LogP contribution >= 0.6 is 11.8 Å². The molecule has 0 aliphatic carbocycles. The summed E-state index contributed by atoms with van der Waals surface area (Å²) < 4.78 is 1.91. The summed E-state index contributed by atoms with van der Waals surface area (Å²) in [5, 5.41) is 12.0. The number of nitrogens with zero attached hydrogens (tertiary/aromatic N) is 4. The Labute approximate surface area is 188 Å². The van der Waals surface area contributed by atoms with Gasteiger partial charge in [-0.3, -0.25) is 14.3 Å². The second-order valence-corrected chi connectivity index (χ2v) is 8.93. The van der Waals surface area contributed by atoms with Gasteiger partial charge >= 0.3 is 0 Å². The summed E-state index contributed by atoms with van der Waals surface area (Å²) in [6.45, 7) is 5.90. The zero-order valence-corrected chi connectivity index (χ0v) is 18.8. The molecule has 0 saturated carbocycles. The molecule has 4 rings (SSSR count). The van der Waals surface area contributed by atoms with E-state index in [0.717, 1.165) is 12.2 Å². The molecular formula is C24H29N5OS. The fourth-order valence-corrected chi connectivity index (χ4v) is 4.58. The first-order valence-corrected chi connectivity index (χ1v) is 11.8. The highest BCUT2D eigenvalue weighted by molar-refractivity contribution is 7.99. The molecule has 1 N–H and O–H groups in total. The van der Waals surface area contributed by atoms with E-state index in [1.807, 2.05) is 22.8 Å². The standard InChI is InChI=1S/C24H29N5OS/c1-19-9-11-22(12-10-19)29-18-26-27-24(29)31-17-23(30)25-15-20-7-3-4-8-21(20)16-28-13-5-2-6-14-28/h3-4,7-12,18H,2,5-6,13-17H2,1H3,(H,25,30). The molecule has 2 heterocycles. The van der Waals surface area contributed by atoms with Crippen LogP contribution in [0, 0.1) is 6.92 Å². The molecular weight excluding hydrogens is 406 g/mol. The average Bonchev–Trinajstić information content (AvgIpc) is 3.27. The molecule has 7 heteroatoms. The number of benzene rings is 2. The maximum absolute atomic E-state index is 12.5. The number of carbonyl (C=O) groups is 1. The fraction of sp³-hybridized carbons (Fsp3) is 0.375. The largest absolute Gasteiger partial charge is 0.351 e. The van der Waals surface area contributed by atoms with Crippen LogP contribution in [0.1, 0.15) is 36.0 Å². The lowest BCUT2D eigenvalue weighted by Crippen LogP contribution is -2.30. The summed E-state index contributed by atoms with van der Waals surface area (Å²) in [5.74, 6) is 0.301. The smallest absolute Gasteiger partial charge is 0.230 e. The van der Waals surface area contributed by atoms with Crippen molar-refractivity contribution in [2.45, 2.75) is 44.4 Å². The van der Waals surface area contributed by atoms with Crippen LogP contribution in [-0.4, -0.2) is 44.4 Å². The molecule has 2 aromatic carbocycles. The molecule has 1 aromatic heterocycles. The Kier molecular flexibility index (Phi) is 7.38. The molecule has 1 amide bonds. The molecule has 0 radical (unpaired) electrons. The van der Waals surface area contributed by atoms with Crippen LogP contribution in [0.15, 0.2) is 60.0 Å². The van der Waals surface area contributed by atoms with E-state index in [9.17, 15) is 4.79 Å². The third kappa shape index (κ3) is 5.95. The van der Waals surface area contributed by atoms with E-state index in [4.69, 9.17) is 0 Å². The summed E-state index contributed by atoms with van der Waals surface area (Å²) in [4.78, 5) is 15.0. The number of thioether (sulfide) groups is 1. The van der Waals surface area contributed by atoms with Gasteiger partial charge in [-0.05, 0) is 56.1 Å². The molecule has 0 atom stereocenters. The van der Waals surface area contributed by atoms with Gasteiger partial charge in [0.25, 0.3) is 0 Å². The molecule has 162 valence electrons. The first kappa shape index (κ1) is 21.6. The number of hydrogen-bond donors (Lipinski definition) is 1. The highest BCUT2D eigenvalue weighted by Gasteiger charge is 2.14. The minimum absolute atomic E-state index is 0.00349. The second-order valence-electron chi connectivity index (χ2n) is 7.99. The number of carbonyl (C=O) groups excluding carboxylic acids is 1. The molecule has 3 aromatic rings. The summed E-state index contributed by atoms with van der Waals surface area (Å²) in [7, 11) is 0. The van der Waals surface area contributed by atoms with Gasteiger partial charge in [0.15, 0.2) is 5.16 Å². The Bertz CT molecular complexity index is 995. The molecule has 1 aliphatic rings. The predicted octanol–water partition coefficient (Wildman–Crippen LogP) is 3.97. The van der Waals surface area contributed by atoms with Crippen LogP contribution in [0.4, 0.5) is 0 Å². The number of hydrogen-bond acceptors (Lipinski definition) is 5. The van der Waals surface area contributed by atoms with Crippen LogP contribution in [0.3, 0.4) is 0 Å². The number of nitrogens with one attached hydrogen (secondary N) is 1. The second kappa shape index (κ2) is 10.6. The van der Waals surface area contributed by atoms with Crippen molar-refractivity contribution in [1.82, 2.24) is 25.0 Å². The summed E-state index contributed by atoms with van der Waals surface area (Å²) in [6.07, 6.45) is 5.58. The van der Waals surface area contributed by atoms with Crippen molar-refractivity contribution < 1.29 is 4.79 Å². The predicted molar refractivity (Wildman–Crippen MR) is 124 cm³/mol. The minimum Gasteiger partial charge on any atom is -0.351 e. The zero-order valence-electron chi connectivity index (χ0n) is 18.0. The Balaban J connectivity index is 1.31. The molecule has 6 nitrogen and oxygen atoms in total. The van der Waals surface area contributed by atoms with Crippen molar-refractivity contribution in [1.29, 1.82) is 0 Å². The van der Waals surface area contributed by atoms with Gasteiger partial charge in [0, 0.05) is 18.8 Å². The van der Waals surface area contributed by atoms with Crippen LogP contribution < -0.4 is 5.32 Å². The molecule has 0 spiro atoms. The topological polar surface area (TPSA) is 63.1 Å². The average molecular weight is 436 g/mol. The van der Waals surface area contributed by atoms with Gasteiger partial charge in [0.05, 0.1) is 5.75 Å². The third-order valence-corrected chi connectivity index (χ3v) is 6.54. The molecule has 1 aliphatic heterocycles. The summed E-state index contributed by atoms with van der Waals surface area (Å²) in [5.41, 5.74) is 4.68.